The van der Waals surface area contributed by atoms with Crippen molar-refractivity contribution in [2.75, 3.05) is 0 Å². The maximum Gasteiger partial charge on any atom is 0.136 e. The van der Waals surface area contributed by atoms with E-state index in [0.29, 0.717) is 5.56 Å². The molecule has 0 fully saturated rings. The van der Waals surface area contributed by atoms with Crippen LogP contribution < -0.4 is 0 Å². The van der Waals surface area contributed by atoms with Crippen molar-refractivity contribution in [1.82, 2.24) is 4.57 Å². The normalized spacial score (nSPS) is 14.6. The van der Waals surface area contributed by atoms with E-state index in [1.807, 2.05) is 12.1 Å². The summed E-state index contributed by atoms with van der Waals surface area (Å²) in [5, 5.41) is 13.9. The summed E-state index contributed by atoms with van der Waals surface area (Å²) in [7, 11) is 0. The summed E-state index contributed by atoms with van der Waals surface area (Å²) >= 11 is 0. The second kappa shape index (κ2) is 8.60. The number of furan rings is 1. The molecule has 3 heteroatoms. The first kappa shape index (κ1) is 24.3. The second-order valence-electron chi connectivity index (χ2n) is 12.3. The lowest BCUT2D eigenvalue weighted by atomic mass is 9.82. The summed E-state index contributed by atoms with van der Waals surface area (Å²) in [6.07, 6.45) is 6.50. The fourth-order valence-electron chi connectivity index (χ4n) is 7.76. The summed E-state index contributed by atoms with van der Waals surface area (Å²) in [5.74, 6) is 0. The average molecular weight is 553 g/mol. The van der Waals surface area contributed by atoms with Gasteiger partial charge in [-0.2, -0.15) is 5.26 Å². The minimum atomic E-state index is -0.0989. The van der Waals surface area contributed by atoms with Gasteiger partial charge in [0.05, 0.1) is 16.8 Å². The third kappa shape index (κ3) is 3.18. The number of hydrogen-bond acceptors (Lipinski definition) is 2. The molecular weight excluding hydrogens is 524 g/mol. The quantitative estimate of drug-likeness (QED) is 0.214. The molecule has 0 saturated heterocycles. The first-order chi connectivity index (χ1) is 21.1. The summed E-state index contributed by atoms with van der Waals surface area (Å²) in [6.45, 7) is 4.60. The number of para-hydroxylation sites is 2. The van der Waals surface area contributed by atoms with E-state index in [9.17, 15) is 5.26 Å². The van der Waals surface area contributed by atoms with Gasteiger partial charge in [-0.25, -0.2) is 0 Å². The molecule has 0 unspecified atom stereocenters. The number of allylic oxidation sites excluding steroid dienone is 1. The molecule has 0 aliphatic heterocycles. The Morgan fingerprint density at radius 1 is 0.744 bits per heavy atom. The maximum absolute atomic E-state index is 10.5. The van der Waals surface area contributed by atoms with Gasteiger partial charge in [0.15, 0.2) is 0 Å². The molecule has 43 heavy (non-hydrogen) atoms. The third-order valence-corrected chi connectivity index (χ3v) is 9.73. The second-order valence-corrected chi connectivity index (χ2v) is 12.3. The van der Waals surface area contributed by atoms with Crippen molar-refractivity contribution in [2.24, 2.45) is 0 Å². The van der Waals surface area contributed by atoms with Gasteiger partial charge >= 0.3 is 0 Å². The predicted octanol–water partition coefficient (Wildman–Crippen LogP) is 10.3. The van der Waals surface area contributed by atoms with E-state index >= 15 is 0 Å². The van der Waals surface area contributed by atoms with Gasteiger partial charge in [-0.05, 0) is 82.6 Å². The Morgan fingerprint density at radius 2 is 1.53 bits per heavy atom. The molecule has 0 amide bonds. The van der Waals surface area contributed by atoms with Crippen LogP contribution in [0.4, 0.5) is 0 Å². The molecule has 0 spiro atoms. The van der Waals surface area contributed by atoms with E-state index in [0.717, 1.165) is 62.8 Å². The number of aryl methyl sites for hydroxylation is 1. The van der Waals surface area contributed by atoms with Crippen LogP contribution in [0.2, 0.25) is 0 Å². The summed E-state index contributed by atoms with van der Waals surface area (Å²) in [4.78, 5) is 0. The van der Waals surface area contributed by atoms with Crippen molar-refractivity contribution in [3.05, 3.63) is 131 Å². The summed E-state index contributed by atoms with van der Waals surface area (Å²) in [6, 6.07) is 36.8. The molecule has 0 saturated carbocycles. The fraction of sp³-hybridized carbons (Fsp3) is 0.125. The van der Waals surface area contributed by atoms with Crippen LogP contribution in [0.1, 0.15) is 48.2 Å². The Bertz CT molecular complexity index is 2390. The van der Waals surface area contributed by atoms with Crippen LogP contribution in [0, 0.1) is 11.3 Å². The van der Waals surface area contributed by atoms with Crippen LogP contribution >= 0.6 is 0 Å². The Labute approximate surface area is 249 Å². The zero-order valence-corrected chi connectivity index (χ0v) is 24.1. The molecule has 204 valence electrons. The van der Waals surface area contributed by atoms with E-state index in [1.54, 1.807) is 0 Å². The number of fused-ring (bicyclic) bond motifs is 9. The molecule has 5 aromatic carbocycles. The van der Waals surface area contributed by atoms with Crippen LogP contribution in [0.3, 0.4) is 0 Å². The molecule has 2 heterocycles. The molecule has 3 nitrogen and oxygen atoms in total. The van der Waals surface area contributed by atoms with Gasteiger partial charge in [0.2, 0.25) is 0 Å². The van der Waals surface area contributed by atoms with E-state index in [4.69, 9.17) is 4.42 Å². The molecule has 2 aliphatic carbocycles. The van der Waals surface area contributed by atoms with Gasteiger partial charge in [-0.3, -0.25) is 0 Å². The number of benzene rings is 5. The highest BCUT2D eigenvalue weighted by Gasteiger charge is 2.36. The van der Waals surface area contributed by atoms with E-state index in [1.165, 1.54) is 33.2 Å². The van der Waals surface area contributed by atoms with Crippen molar-refractivity contribution >= 4 is 38.9 Å². The SMILES string of the molecule is CC1(C)c2ccccc2-c2cc3c(cc21)oc1cccc(-c2cccc(C#N)c2-n2c4c(c5ccccc52)CCC=C4)c13. The van der Waals surface area contributed by atoms with Crippen LogP contribution in [0.15, 0.2) is 108 Å². The molecule has 0 atom stereocenters. The smallest absolute Gasteiger partial charge is 0.136 e. The van der Waals surface area contributed by atoms with Crippen LogP contribution in [0.5, 0.6) is 0 Å². The van der Waals surface area contributed by atoms with Crippen molar-refractivity contribution < 1.29 is 4.42 Å². The maximum atomic E-state index is 10.5. The highest BCUT2D eigenvalue weighted by molar-refractivity contribution is 6.15. The van der Waals surface area contributed by atoms with Crippen LogP contribution in [0.25, 0.3) is 66.9 Å². The van der Waals surface area contributed by atoms with Gasteiger partial charge in [0.25, 0.3) is 0 Å². The zero-order chi connectivity index (χ0) is 28.9. The van der Waals surface area contributed by atoms with Crippen molar-refractivity contribution in [1.29, 1.82) is 5.26 Å². The minimum absolute atomic E-state index is 0.0989. The summed E-state index contributed by atoms with van der Waals surface area (Å²) in [5.41, 5.74) is 14.2. The lowest BCUT2D eigenvalue weighted by Crippen LogP contribution is -2.14. The molecular formula is C40H28N2O. The number of aromatic nitrogens is 1. The Balaban J connectivity index is 1.38. The number of nitrogens with zero attached hydrogens (tertiary/aromatic N) is 2. The van der Waals surface area contributed by atoms with Gasteiger partial charge in [-0.1, -0.05) is 86.7 Å². The molecule has 7 aromatic rings. The Hall–Kier alpha value is -5.33. The number of rotatable bonds is 2. The third-order valence-electron chi connectivity index (χ3n) is 9.73. The molecule has 0 radical (unpaired) electrons. The molecule has 0 bridgehead atoms. The Kier molecular flexibility index (Phi) is 4.86. The van der Waals surface area contributed by atoms with E-state index in [2.05, 4.69) is 122 Å². The largest absolute Gasteiger partial charge is 0.456 e. The Morgan fingerprint density at radius 3 is 2.44 bits per heavy atom. The van der Waals surface area contributed by atoms with Crippen LogP contribution in [-0.2, 0) is 11.8 Å². The topological polar surface area (TPSA) is 41.9 Å². The fourth-order valence-corrected chi connectivity index (χ4v) is 7.76. The molecule has 2 aliphatic rings. The van der Waals surface area contributed by atoms with Gasteiger partial charge < -0.3 is 8.98 Å². The van der Waals surface area contributed by atoms with E-state index < -0.39 is 0 Å². The summed E-state index contributed by atoms with van der Waals surface area (Å²) < 4.78 is 8.91. The first-order valence-corrected chi connectivity index (χ1v) is 15.0. The van der Waals surface area contributed by atoms with Gasteiger partial charge in [-0.15, -0.1) is 0 Å². The molecule has 9 rings (SSSR count). The predicted molar refractivity (Wildman–Crippen MR) is 176 cm³/mol. The van der Waals surface area contributed by atoms with E-state index in [-0.39, 0.29) is 5.41 Å². The van der Waals surface area contributed by atoms with Crippen molar-refractivity contribution in [3.63, 3.8) is 0 Å². The highest BCUT2D eigenvalue weighted by Crippen LogP contribution is 2.51. The van der Waals surface area contributed by atoms with Crippen molar-refractivity contribution in [3.8, 4) is 34.0 Å². The van der Waals surface area contributed by atoms with Crippen LogP contribution in [-0.4, -0.2) is 4.57 Å². The minimum Gasteiger partial charge on any atom is -0.456 e. The average Bonchev–Trinajstić information content (AvgIpc) is 3.65. The monoisotopic (exact) mass is 552 g/mol. The first-order valence-electron chi connectivity index (χ1n) is 15.0. The number of nitriles is 1. The molecule has 0 N–H and O–H groups in total. The lowest BCUT2D eigenvalue weighted by molar-refractivity contribution is 0.647. The zero-order valence-electron chi connectivity index (χ0n) is 24.1. The highest BCUT2D eigenvalue weighted by atomic mass is 16.3. The van der Waals surface area contributed by atoms with Gasteiger partial charge in [0, 0.05) is 32.8 Å². The van der Waals surface area contributed by atoms with Gasteiger partial charge in [0.1, 0.15) is 17.2 Å². The molecule has 2 aromatic heterocycles. The number of hydrogen-bond donors (Lipinski definition) is 0. The lowest BCUT2D eigenvalue weighted by Gasteiger charge is -2.21. The van der Waals surface area contributed by atoms with Crippen molar-refractivity contribution in [2.45, 2.75) is 32.1 Å². The standard InChI is InChI=1S/C40H28N2O/c1-40(2)32-17-6-3-12-25(32)30-21-31-37(22-33(30)40)43-36-20-10-15-28(38(31)36)29-16-9-11-24(23-41)39(29)42-34-18-7-4-13-26(34)27-14-5-8-19-35(27)42/h3-4,6-13,15-22H,5,14H2,1-2H3.